The summed E-state index contributed by atoms with van der Waals surface area (Å²) in [6.07, 6.45) is 2.43. The van der Waals surface area contributed by atoms with Gasteiger partial charge in [-0.2, -0.15) is 0 Å². The highest BCUT2D eigenvalue weighted by molar-refractivity contribution is 6.58. The smallest absolute Gasteiger partial charge is 0.423 e. The average molecular weight is 265 g/mol. The normalized spacial score (nSPS) is 24.5. The van der Waals surface area contributed by atoms with Crippen LogP contribution in [-0.4, -0.2) is 34.7 Å². The SMILES string of the molecule is CC1CCCN(Cc2ccc(F)c(B(O)O)c2)C1C. The summed E-state index contributed by atoms with van der Waals surface area (Å²) >= 11 is 0. The lowest BCUT2D eigenvalue weighted by Gasteiger charge is -2.38. The second-order valence-electron chi connectivity index (χ2n) is 5.56. The molecule has 0 radical (unpaired) electrons. The van der Waals surface area contributed by atoms with Crippen molar-refractivity contribution in [3.05, 3.63) is 29.6 Å². The fourth-order valence-corrected chi connectivity index (χ4v) is 2.77. The molecule has 5 heteroatoms. The number of rotatable bonds is 3. The van der Waals surface area contributed by atoms with Crippen LogP contribution in [0.25, 0.3) is 0 Å². The molecule has 0 aromatic heterocycles. The second-order valence-corrected chi connectivity index (χ2v) is 5.56. The van der Waals surface area contributed by atoms with Crippen molar-refractivity contribution in [2.75, 3.05) is 6.54 Å². The Kier molecular flexibility index (Phi) is 4.60. The third kappa shape index (κ3) is 3.35. The summed E-state index contributed by atoms with van der Waals surface area (Å²) in [5.74, 6) is 0.0934. The van der Waals surface area contributed by atoms with E-state index in [1.807, 2.05) is 0 Å². The Morgan fingerprint density at radius 1 is 1.37 bits per heavy atom. The fraction of sp³-hybridized carbons (Fsp3) is 0.571. The number of benzene rings is 1. The Morgan fingerprint density at radius 3 is 2.79 bits per heavy atom. The van der Waals surface area contributed by atoms with Gasteiger partial charge < -0.3 is 10.0 Å². The van der Waals surface area contributed by atoms with Gasteiger partial charge in [0, 0.05) is 18.0 Å². The van der Waals surface area contributed by atoms with Crippen LogP contribution < -0.4 is 5.46 Å². The average Bonchev–Trinajstić information content (AvgIpc) is 2.37. The molecule has 19 heavy (non-hydrogen) atoms. The number of piperidine rings is 1. The van der Waals surface area contributed by atoms with E-state index in [4.69, 9.17) is 10.0 Å². The van der Waals surface area contributed by atoms with Gasteiger partial charge in [-0.15, -0.1) is 0 Å². The molecule has 1 fully saturated rings. The first kappa shape index (κ1) is 14.5. The maximum Gasteiger partial charge on any atom is 0.491 e. The van der Waals surface area contributed by atoms with Crippen molar-refractivity contribution in [1.29, 1.82) is 0 Å². The van der Waals surface area contributed by atoms with Crippen LogP contribution in [0.15, 0.2) is 18.2 Å². The molecule has 1 aliphatic rings. The summed E-state index contributed by atoms with van der Waals surface area (Å²) in [5, 5.41) is 18.3. The van der Waals surface area contributed by atoms with Crippen LogP contribution in [0.5, 0.6) is 0 Å². The van der Waals surface area contributed by atoms with Crippen molar-refractivity contribution in [2.24, 2.45) is 5.92 Å². The predicted octanol–water partition coefficient (Wildman–Crippen LogP) is 1.13. The maximum atomic E-state index is 13.4. The predicted molar refractivity (Wildman–Crippen MR) is 74.5 cm³/mol. The minimum Gasteiger partial charge on any atom is -0.423 e. The van der Waals surface area contributed by atoms with Gasteiger partial charge in [-0.05, 0) is 43.9 Å². The molecular weight excluding hydrogens is 244 g/mol. The molecule has 0 bridgehead atoms. The highest BCUT2D eigenvalue weighted by atomic mass is 19.1. The summed E-state index contributed by atoms with van der Waals surface area (Å²) in [6, 6.07) is 5.07. The van der Waals surface area contributed by atoms with Crippen molar-refractivity contribution >= 4 is 12.6 Å². The topological polar surface area (TPSA) is 43.7 Å². The molecule has 1 heterocycles. The monoisotopic (exact) mass is 265 g/mol. The molecule has 1 saturated heterocycles. The van der Waals surface area contributed by atoms with E-state index in [9.17, 15) is 4.39 Å². The van der Waals surface area contributed by atoms with Gasteiger partial charge in [-0.3, -0.25) is 4.90 Å². The highest BCUT2D eigenvalue weighted by Crippen LogP contribution is 2.24. The van der Waals surface area contributed by atoms with Gasteiger partial charge in [0.1, 0.15) is 5.82 Å². The van der Waals surface area contributed by atoms with E-state index < -0.39 is 12.9 Å². The number of halogens is 1. The Bertz CT molecular complexity index is 441. The number of nitrogens with zero attached hydrogens (tertiary/aromatic N) is 1. The molecule has 104 valence electrons. The third-order valence-electron chi connectivity index (χ3n) is 4.23. The molecule has 1 aliphatic heterocycles. The molecular formula is C14H21BFNO2. The van der Waals surface area contributed by atoms with Gasteiger partial charge in [0.2, 0.25) is 0 Å². The van der Waals surface area contributed by atoms with Crippen molar-refractivity contribution < 1.29 is 14.4 Å². The molecule has 0 spiro atoms. The molecule has 0 aliphatic carbocycles. The molecule has 0 saturated carbocycles. The third-order valence-corrected chi connectivity index (χ3v) is 4.23. The molecule has 2 unspecified atom stereocenters. The van der Waals surface area contributed by atoms with Crippen LogP contribution in [0, 0.1) is 11.7 Å². The Labute approximate surface area is 114 Å². The van der Waals surface area contributed by atoms with Gasteiger partial charge in [0.15, 0.2) is 0 Å². The highest BCUT2D eigenvalue weighted by Gasteiger charge is 2.25. The molecule has 2 N–H and O–H groups in total. The first-order chi connectivity index (χ1) is 8.99. The largest absolute Gasteiger partial charge is 0.491 e. The van der Waals surface area contributed by atoms with Crippen LogP contribution in [-0.2, 0) is 6.54 Å². The quantitative estimate of drug-likeness (QED) is 0.805. The fourth-order valence-electron chi connectivity index (χ4n) is 2.77. The molecule has 2 rings (SSSR count). The van der Waals surface area contributed by atoms with E-state index >= 15 is 0 Å². The zero-order valence-corrected chi connectivity index (χ0v) is 11.5. The Balaban J connectivity index is 2.12. The maximum absolute atomic E-state index is 13.4. The van der Waals surface area contributed by atoms with Gasteiger partial charge in [-0.25, -0.2) is 4.39 Å². The van der Waals surface area contributed by atoms with Crippen molar-refractivity contribution in [3.63, 3.8) is 0 Å². The minimum atomic E-state index is -1.75. The Morgan fingerprint density at radius 2 is 2.11 bits per heavy atom. The van der Waals surface area contributed by atoms with Crippen molar-refractivity contribution in [1.82, 2.24) is 4.90 Å². The van der Waals surface area contributed by atoms with Gasteiger partial charge >= 0.3 is 7.12 Å². The Hall–Kier alpha value is -0.905. The van der Waals surface area contributed by atoms with Gasteiger partial charge in [-0.1, -0.05) is 19.1 Å². The molecule has 2 atom stereocenters. The number of hydrogen-bond acceptors (Lipinski definition) is 3. The first-order valence-corrected chi connectivity index (χ1v) is 6.87. The van der Waals surface area contributed by atoms with E-state index in [0.717, 1.165) is 18.7 Å². The van der Waals surface area contributed by atoms with Crippen LogP contribution in [0.3, 0.4) is 0 Å². The van der Waals surface area contributed by atoms with Gasteiger partial charge in [0.05, 0.1) is 0 Å². The summed E-state index contributed by atoms with van der Waals surface area (Å²) in [5.41, 5.74) is 0.876. The summed E-state index contributed by atoms with van der Waals surface area (Å²) in [6.45, 7) is 6.24. The van der Waals surface area contributed by atoms with Gasteiger partial charge in [0.25, 0.3) is 0 Å². The van der Waals surface area contributed by atoms with Crippen LogP contribution in [0.4, 0.5) is 4.39 Å². The van der Waals surface area contributed by atoms with E-state index in [1.165, 1.54) is 18.9 Å². The van der Waals surface area contributed by atoms with Crippen LogP contribution >= 0.6 is 0 Å². The molecule has 1 aromatic rings. The zero-order chi connectivity index (χ0) is 14.0. The second kappa shape index (κ2) is 6.03. The van der Waals surface area contributed by atoms with E-state index in [0.29, 0.717) is 12.0 Å². The van der Waals surface area contributed by atoms with Crippen molar-refractivity contribution in [3.8, 4) is 0 Å². The van der Waals surface area contributed by atoms with Crippen molar-refractivity contribution in [2.45, 2.75) is 39.3 Å². The van der Waals surface area contributed by atoms with Crippen LogP contribution in [0.1, 0.15) is 32.3 Å². The van der Waals surface area contributed by atoms with Crippen LogP contribution in [0.2, 0.25) is 0 Å². The summed E-state index contributed by atoms with van der Waals surface area (Å²) in [7, 11) is -1.75. The molecule has 3 nitrogen and oxygen atoms in total. The first-order valence-electron chi connectivity index (χ1n) is 6.87. The zero-order valence-electron chi connectivity index (χ0n) is 11.5. The lowest BCUT2D eigenvalue weighted by atomic mass is 9.79. The number of hydrogen-bond donors (Lipinski definition) is 2. The molecule has 0 amide bonds. The number of likely N-dealkylation sites (tertiary alicyclic amines) is 1. The van der Waals surface area contributed by atoms with E-state index in [2.05, 4.69) is 18.7 Å². The lowest BCUT2D eigenvalue weighted by molar-refractivity contribution is 0.106. The lowest BCUT2D eigenvalue weighted by Crippen LogP contribution is -2.42. The van der Waals surface area contributed by atoms with E-state index in [1.54, 1.807) is 12.1 Å². The molecule has 1 aromatic carbocycles. The minimum absolute atomic E-state index is 0.0461. The summed E-state index contributed by atoms with van der Waals surface area (Å²) < 4.78 is 13.4. The van der Waals surface area contributed by atoms with E-state index in [-0.39, 0.29) is 5.46 Å². The summed E-state index contributed by atoms with van der Waals surface area (Å²) in [4.78, 5) is 2.37. The standard InChI is InChI=1S/C14H21BFNO2/c1-10-4-3-7-17(11(10)2)9-12-5-6-14(16)13(8-12)15(18)19/h5-6,8,10-11,18-19H,3-4,7,9H2,1-2H3.